The van der Waals surface area contributed by atoms with Crippen LogP contribution in [0.4, 0.5) is 0 Å². The molecule has 126 valence electrons. The quantitative estimate of drug-likeness (QED) is 0.340. The Labute approximate surface area is 132 Å². The van der Waals surface area contributed by atoms with Crippen LogP contribution in [0.25, 0.3) is 6.08 Å². The topological polar surface area (TPSA) is 147 Å². The third-order valence-corrected chi connectivity index (χ3v) is 3.20. The Bertz CT molecular complexity index is 557. The van der Waals surface area contributed by atoms with E-state index >= 15 is 0 Å². The number of carbonyl (C=O) groups excluding carboxylic acids is 1. The van der Waals surface area contributed by atoms with Crippen LogP contribution in [0.5, 0.6) is 0 Å². The number of carboxylic acids is 1. The zero-order valence-corrected chi connectivity index (χ0v) is 12.2. The second-order valence-electron chi connectivity index (χ2n) is 4.87. The molecule has 0 bridgehead atoms. The molecule has 0 aliphatic carbocycles. The van der Waals surface area contributed by atoms with Crippen LogP contribution >= 0.6 is 0 Å². The molecule has 8 heteroatoms. The number of carbonyl (C=O) groups is 2. The van der Waals surface area contributed by atoms with E-state index in [1.54, 1.807) is 30.3 Å². The van der Waals surface area contributed by atoms with E-state index in [-0.39, 0.29) is 6.54 Å². The van der Waals surface area contributed by atoms with Gasteiger partial charge in [0.15, 0.2) is 12.2 Å². The van der Waals surface area contributed by atoms with Gasteiger partial charge in [0.1, 0.15) is 12.2 Å². The van der Waals surface area contributed by atoms with E-state index in [2.05, 4.69) is 11.9 Å². The predicted octanol–water partition coefficient (Wildman–Crippen LogP) is -1.53. The molecule has 0 heterocycles. The lowest BCUT2D eigenvalue weighted by Gasteiger charge is -2.24. The number of benzene rings is 1. The first-order valence-electron chi connectivity index (χ1n) is 6.72. The average Bonchev–Trinajstić information content (AvgIpc) is 2.57. The molecule has 8 nitrogen and oxygen atoms in total. The van der Waals surface area contributed by atoms with Gasteiger partial charge in [0.05, 0.1) is 0 Å². The highest BCUT2D eigenvalue weighted by atomic mass is 16.4. The third-order valence-electron chi connectivity index (χ3n) is 3.20. The molecule has 6 N–H and O–H groups in total. The fourth-order valence-corrected chi connectivity index (χ4v) is 1.74. The highest BCUT2D eigenvalue weighted by Crippen LogP contribution is 2.08. The van der Waals surface area contributed by atoms with Crippen LogP contribution in [0, 0.1) is 0 Å². The number of hydrogen-bond donors (Lipinski definition) is 6. The first kappa shape index (κ1) is 18.8. The van der Waals surface area contributed by atoms with Crippen molar-refractivity contribution in [3.8, 4) is 0 Å². The van der Waals surface area contributed by atoms with Gasteiger partial charge in [-0.25, -0.2) is 4.79 Å². The van der Waals surface area contributed by atoms with Gasteiger partial charge in [-0.2, -0.15) is 0 Å². The number of nitrogens with one attached hydrogen (secondary N) is 1. The SMILES string of the molecule is C=Cc1ccc(CNC(=O)[C@H](O)[C@@H](O)[C@H](O)[C@H](O)C(=O)O)cc1. The maximum atomic E-state index is 11.7. The van der Waals surface area contributed by atoms with Crippen LogP contribution < -0.4 is 5.32 Å². The lowest BCUT2D eigenvalue weighted by atomic mass is 10.0. The fraction of sp³-hybridized carbons (Fsp3) is 0.333. The van der Waals surface area contributed by atoms with Gasteiger partial charge in [0.25, 0.3) is 5.91 Å². The van der Waals surface area contributed by atoms with Crippen LogP contribution in [0.2, 0.25) is 0 Å². The van der Waals surface area contributed by atoms with Gasteiger partial charge >= 0.3 is 5.97 Å². The second kappa shape index (κ2) is 8.39. The molecule has 1 aromatic carbocycles. The molecule has 0 aromatic heterocycles. The van der Waals surface area contributed by atoms with Crippen molar-refractivity contribution in [2.24, 2.45) is 0 Å². The summed E-state index contributed by atoms with van der Waals surface area (Å²) in [6.45, 7) is 3.66. The van der Waals surface area contributed by atoms with E-state index < -0.39 is 36.3 Å². The highest BCUT2D eigenvalue weighted by Gasteiger charge is 2.37. The Morgan fingerprint density at radius 2 is 1.57 bits per heavy atom. The number of carboxylic acid groups (broad SMARTS) is 1. The molecule has 1 aromatic rings. The van der Waals surface area contributed by atoms with Crippen molar-refractivity contribution in [3.05, 3.63) is 42.0 Å². The number of aliphatic hydroxyl groups excluding tert-OH is 4. The molecule has 0 radical (unpaired) electrons. The Kier molecular flexibility index (Phi) is 6.86. The molecule has 0 fully saturated rings. The van der Waals surface area contributed by atoms with Gasteiger partial charge in [0, 0.05) is 6.54 Å². The number of amides is 1. The Hall–Kier alpha value is -2.26. The van der Waals surface area contributed by atoms with Crippen LogP contribution in [-0.4, -0.2) is 61.8 Å². The largest absolute Gasteiger partial charge is 0.479 e. The lowest BCUT2D eigenvalue weighted by molar-refractivity contribution is -0.166. The maximum Gasteiger partial charge on any atom is 0.335 e. The predicted molar refractivity (Wildman–Crippen MR) is 80.0 cm³/mol. The van der Waals surface area contributed by atoms with E-state index in [0.29, 0.717) is 0 Å². The highest BCUT2D eigenvalue weighted by molar-refractivity contribution is 5.81. The minimum atomic E-state index is -2.32. The summed E-state index contributed by atoms with van der Waals surface area (Å²) in [5.41, 5.74) is 1.61. The van der Waals surface area contributed by atoms with Crippen molar-refractivity contribution in [3.63, 3.8) is 0 Å². The smallest absolute Gasteiger partial charge is 0.335 e. The van der Waals surface area contributed by atoms with E-state index in [0.717, 1.165) is 11.1 Å². The molecular formula is C15H19NO7. The van der Waals surface area contributed by atoms with Crippen molar-refractivity contribution < 1.29 is 35.1 Å². The molecule has 0 saturated heterocycles. The third kappa shape index (κ3) is 5.15. The second-order valence-corrected chi connectivity index (χ2v) is 4.87. The molecule has 4 atom stereocenters. The number of rotatable bonds is 8. The minimum absolute atomic E-state index is 0.0532. The van der Waals surface area contributed by atoms with Crippen LogP contribution in [0.15, 0.2) is 30.8 Å². The first-order chi connectivity index (χ1) is 10.8. The van der Waals surface area contributed by atoms with Crippen molar-refractivity contribution >= 4 is 18.0 Å². The summed E-state index contributed by atoms with van der Waals surface area (Å²) in [5.74, 6) is -2.80. The molecule has 0 aliphatic rings. The summed E-state index contributed by atoms with van der Waals surface area (Å²) in [5, 5.41) is 48.5. The molecule has 23 heavy (non-hydrogen) atoms. The monoisotopic (exact) mass is 325 g/mol. The molecule has 1 amide bonds. The average molecular weight is 325 g/mol. The standard InChI is InChI=1S/C15H19NO7/c1-2-8-3-5-9(6-4-8)7-16-14(21)12(19)10(17)11(18)13(20)15(22)23/h2-6,10-13,17-20H,1,7H2,(H,16,21)(H,22,23)/t10-,11-,12+,13-/m0/s1. The van der Waals surface area contributed by atoms with Gasteiger partial charge < -0.3 is 30.8 Å². The fourth-order valence-electron chi connectivity index (χ4n) is 1.74. The molecule has 0 saturated carbocycles. The summed E-state index contributed by atoms with van der Waals surface area (Å²) in [6, 6.07) is 6.99. The summed E-state index contributed by atoms with van der Waals surface area (Å²) >= 11 is 0. The Morgan fingerprint density at radius 1 is 1.04 bits per heavy atom. The van der Waals surface area contributed by atoms with Crippen molar-refractivity contribution in [1.82, 2.24) is 5.32 Å². The summed E-state index contributed by atoms with van der Waals surface area (Å²) in [4.78, 5) is 22.2. The minimum Gasteiger partial charge on any atom is -0.479 e. The zero-order valence-electron chi connectivity index (χ0n) is 12.2. The van der Waals surface area contributed by atoms with E-state index in [1.807, 2.05) is 0 Å². The van der Waals surface area contributed by atoms with Crippen molar-refractivity contribution in [2.75, 3.05) is 0 Å². The van der Waals surface area contributed by atoms with E-state index in [1.165, 1.54) is 0 Å². The van der Waals surface area contributed by atoms with Gasteiger partial charge in [-0.05, 0) is 11.1 Å². The van der Waals surface area contributed by atoms with Crippen molar-refractivity contribution in [2.45, 2.75) is 31.0 Å². The normalized spacial score (nSPS) is 16.0. The Balaban J connectivity index is 2.58. The summed E-state index contributed by atoms with van der Waals surface area (Å²) < 4.78 is 0. The molecule has 0 aliphatic heterocycles. The van der Waals surface area contributed by atoms with Crippen LogP contribution in [0.3, 0.4) is 0 Å². The van der Waals surface area contributed by atoms with Crippen LogP contribution in [-0.2, 0) is 16.1 Å². The maximum absolute atomic E-state index is 11.7. The van der Waals surface area contributed by atoms with Crippen molar-refractivity contribution in [1.29, 1.82) is 0 Å². The zero-order chi connectivity index (χ0) is 17.6. The molecule has 0 spiro atoms. The van der Waals surface area contributed by atoms with Gasteiger partial charge in [-0.3, -0.25) is 4.79 Å². The summed E-state index contributed by atoms with van der Waals surface area (Å²) in [7, 11) is 0. The lowest BCUT2D eigenvalue weighted by Crippen LogP contribution is -2.52. The van der Waals surface area contributed by atoms with Crippen LogP contribution in [0.1, 0.15) is 11.1 Å². The summed E-state index contributed by atoms with van der Waals surface area (Å²) in [6.07, 6.45) is -7.12. The molecule has 1 rings (SSSR count). The van der Waals surface area contributed by atoms with Gasteiger partial charge in [0.2, 0.25) is 0 Å². The van der Waals surface area contributed by atoms with Gasteiger partial charge in [-0.1, -0.05) is 36.9 Å². The Morgan fingerprint density at radius 3 is 2.04 bits per heavy atom. The van der Waals surface area contributed by atoms with Gasteiger partial charge in [-0.15, -0.1) is 0 Å². The van der Waals surface area contributed by atoms with E-state index in [9.17, 15) is 24.9 Å². The number of aliphatic carboxylic acids is 1. The molecule has 0 unspecified atom stereocenters. The number of hydrogen-bond acceptors (Lipinski definition) is 6. The number of aliphatic hydroxyl groups is 4. The molecular weight excluding hydrogens is 306 g/mol. The first-order valence-corrected chi connectivity index (χ1v) is 6.72. The van der Waals surface area contributed by atoms with E-state index in [4.69, 9.17) is 10.2 Å².